The van der Waals surface area contributed by atoms with E-state index in [0.717, 1.165) is 5.75 Å². The van der Waals surface area contributed by atoms with Gasteiger partial charge in [-0.3, -0.25) is 0 Å². The Balaban J connectivity index is 0.000000423. The number of aryl methyl sites for hydroxylation is 1. The van der Waals surface area contributed by atoms with Crippen molar-refractivity contribution in [2.45, 2.75) is 60.8 Å². The van der Waals surface area contributed by atoms with Crippen molar-refractivity contribution in [3.8, 4) is 0 Å². The Morgan fingerprint density at radius 3 is 1.92 bits per heavy atom. The summed E-state index contributed by atoms with van der Waals surface area (Å²) in [6.07, 6.45) is 3.78. The minimum Gasteiger partial charge on any atom is -0.793 e. The summed E-state index contributed by atoms with van der Waals surface area (Å²) in [5.41, 5.74) is 2.25. The van der Waals surface area contributed by atoms with Gasteiger partial charge in [-0.15, -0.1) is 0 Å². The normalized spacial score (nSPS) is 11.5. The van der Waals surface area contributed by atoms with E-state index in [1.807, 2.05) is 0 Å². The molecule has 0 bridgehead atoms. The van der Waals surface area contributed by atoms with Gasteiger partial charge < -0.3 is 12.6 Å². The van der Waals surface area contributed by atoms with Gasteiger partial charge in [0.1, 0.15) is 0 Å². The molecule has 0 fully saturated rings. The fraction of sp³-hybridized carbons (Fsp3) is 0.545. The van der Waals surface area contributed by atoms with E-state index < -0.39 is 0 Å². The van der Waals surface area contributed by atoms with Crippen LogP contribution in [-0.4, -0.2) is 5.75 Å². The van der Waals surface area contributed by atoms with Crippen LogP contribution in [0, 0.1) is 17.8 Å². The largest absolute Gasteiger partial charge is 1.00 e. The average molecular weight is 353 g/mol. The smallest absolute Gasteiger partial charge is 0.793 e. The minimum atomic E-state index is 0. The Kier molecular flexibility index (Phi) is 10.9. The van der Waals surface area contributed by atoms with Gasteiger partial charge in [-0.05, 0) is 41.4 Å². The second-order valence-electron chi connectivity index (χ2n) is 8.53. The third-order valence-electron chi connectivity index (χ3n) is 4.24. The summed E-state index contributed by atoms with van der Waals surface area (Å²) in [5.74, 6) is 0.900. The summed E-state index contributed by atoms with van der Waals surface area (Å²) in [4.78, 5) is 0. The first kappa shape index (κ1) is 24.1. The molecule has 0 aliphatic carbocycles. The van der Waals surface area contributed by atoms with E-state index in [0.29, 0.717) is 10.8 Å². The van der Waals surface area contributed by atoms with E-state index in [1.165, 1.54) is 35.6 Å². The van der Waals surface area contributed by atoms with Gasteiger partial charge in [0.05, 0.1) is 0 Å². The molecule has 0 heterocycles. The fourth-order valence-electron chi connectivity index (χ4n) is 2.42. The second-order valence-corrected chi connectivity index (χ2v) is 8.94. The van der Waals surface area contributed by atoms with E-state index in [9.17, 15) is 0 Å². The molecule has 2 heteroatoms. The maximum absolute atomic E-state index is 5.01. The van der Waals surface area contributed by atoms with Crippen LogP contribution in [0.15, 0.2) is 42.5 Å². The summed E-state index contributed by atoms with van der Waals surface area (Å²) in [5, 5.41) is 2.64. The predicted molar refractivity (Wildman–Crippen MR) is 108 cm³/mol. The van der Waals surface area contributed by atoms with Crippen molar-refractivity contribution in [1.82, 2.24) is 0 Å². The molecule has 0 N–H and O–H groups in total. The second kappa shape index (κ2) is 10.9. The zero-order valence-corrected chi connectivity index (χ0v) is 19.6. The van der Waals surface area contributed by atoms with E-state index in [4.69, 9.17) is 12.6 Å². The van der Waals surface area contributed by atoms with Gasteiger partial charge in [0.25, 0.3) is 0 Å². The predicted octanol–water partition coefficient (Wildman–Crippen LogP) is 3.93. The molecule has 0 nitrogen and oxygen atoms in total. The number of rotatable bonds is 4. The Labute approximate surface area is 177 Å². The fourth-order valence-corrected chi connectivity index (χ4v) is 2.98. The zero-order valence-electron chi connectivity index (χ0n) is 16.8. The van der Waals surface area contributed by atoms with Gasteiger partial charge in [-0.2, -0.15) is 5.75 Å². The zero-order chi connectivity index (χ0) is 17.5. The molecule has 0 aliphatic rings. The van der Waals surface area contributed by atoms with Crippen LogP contribution in [0.25, 0.3) is 10.8 Å². The maximum atomic E-state index is 5.01. The number of benzene rings is 2. The molecule has 0 aromatic heterocycles. The van der Waals surface area contributed by atoms with Crippen LogP contribution < -0.4 is 29.6 Å². The Morgan fingerprint density at radius 1 is 0.792 bits per heavy atom. The van der Waals surface area contributed by atoms with Crippen molar-refractivity contribution < 1.29 is 29.6 Å². The number of hydrogen-bond acceptors (Lipinski definition) is 1. The molecule has 0 unspecified atom stereocenters. The van der Waals surface area contributed by atoms with Crippen molar-refractivity contribution in [2.24, 2.45) is 10.8 Å². The number of hydrogen-bond donors (Lipinski definition) is 0. The van der Waals surface area contributed by atoms with Gasteiger partial charge in [0.2, 0.25) is 0 Å². The molecule has 0 aliphatic heterocycles. The van der Waals surface area contributed by atoms with Crippen molar-refractivity contribution in [2.75, 3.05) is 5.75 Å². The molecule has 0 amide bonds. The molecule has 0 radical (unpaired) electrons. The Morgan fingerprint density at radius 2 is 1.38 bits per heavy atom. The van der Waals surface area contributed by atoms with Crippen LogP contribution >= 0.6 is 0 Å². The standard InChI is InChI=1S/C11H24S.C11H10.Na/c1-10(2,3)6-7-11(4,5)8-9-12;1-9-6-7-10-4-2-3-5-11(10)8-9;/h12H,6-9H2,1-5H3;2-8H,1H3;/q;;+1/p-1. The molecule has 0 saturated carbocycles. The maximum Gasteiger partial charge on any atom is 1.00 e. The molecule has 2 rings (SSSR count). The van der Waals surface area contributed by atoms with Crippen LogP contribution in [0.1, 0.15) is 59.4 Å². The van der Waals surface area contributed by atoms with E-state index >= 15 is 0 Å². The van der Waals surface area contributed by atoms with Crippen molar-refractivity contribution >= 4 is 23.4 Å². The van der Waals surface area contributed by atoms with Crippen molar-refractivity contribution in [3.05, 3.63) is 48.0 Å². The van der Waals surface area contributed by atoms with Crippen LogP contribution in [-0.2, 0) is 12.6 Å². The van der Waals surface area contributed by atoms with Gasteiger partial charge in [0.15, 0.2) is 0 Å². The summed E-state index contributed by atoms with van der Waals surface area (Å²) in [7, 11) is 0. The molecule has 0 saturated heterocycles. The average Bonchev–Trinajstić information content (AvgIpc) is 2.45. The Bertz CT molecular complexity index is 596. The third-order valence-corrected chi connectivity index (χ3v) is 4.44. The quantitative estimate of drug-likeness (QED) is 0.593. The molecule has 2 aromatic rings. The van der Waals surface area contributed by atoms with Gasteiger partial charge >= 0.3 is 29.6 Å². The monoisotopic (exact) mass is 352 g/mol. The SMILES string of the molecule is CC(C)(C)CCC(C)(C)CC[S-].Cc1ccc2ccccc2c1.[Na+]. The third kappa shape index (κ3) is 10.1. The molecule has 24 heavy (non-hydrogen) atoms. The van der Waals surface area contributed by atoms with E-state index in [-0.39, 0.29) is 29.6 Å². The van der Waals surface area contributed by atoms with Crippen molar-refractivity contribution in [1.29, 1.82) is 0 Å². The summed E-state index contributed by atoms with van der Waals surface area (Å²) < 4.78 is 0. The molecule has 0 atom stereocenters. The van der Waals surface area contributed by atoms with Crippen LogP contribution in [0.3, 0.4) is 0 Å². The summed E-state index contributed by atoms with van der Waals surface area (Å²) >= 11 is 5.01. The van der Waals surface area contributed by atoms with Gasteiger partial charge in [0, 0.05) is 0 Å². The topological polar surface area (TPSA) is 0 Å². The summed E-state index contributed by atoms with van der Waals surface area (Å²) in [6, 6.07) is 14.9. The first-order chi connectivity index (χ1) is 10.6. The molecular formula is C22H33NaS. The van der Waals surface area contributed by atoms with Crippen LogP contribution in [0.2, 0.25) is 0 Å². The van der Waals surface area contributed by atoms with Gasteiger partial charge in [-0.1, -0.05) is 89.1 Å². The van der Waals surface area contributed by atoms with E-state index in [2.05, 4.69) is 84.0 Å². The first-order valence-electron chi connectivity index (χ1n) is 8.66. The molecule has 2 aromatic carbocycles. The molecular weight excluding hydrogens is 319 g/mol. The summed E-state index contributed by atoms with van der Waals surface area (Å²) in [6.45, 7) is 13.7. The molecule has 128 valence electrons. The van der Waals surface area contributed by atoms with Gasteiger partial charge in [-0.25, -0.2) is 0 Å². The Hall–Kier alpha value is 0.0500. The van der Waals surface area contributed by atoms with Crippen LogP contribution in [0.4, 0.5) is 0 Å². The number of fused-ring (bicyclic) bond motifs is 1. The minimum absolute atomic E-state index is 0. The first-order valence-corrected chi connectivity index (χ1v) is 9.24. The van der Waals surface area contributed by atoms with E-state index in [1.54, 1.807) is 0 Å². The van der Waals surface area contributed by atoms with Crippen LogP contribution in [0.5, 0.6) is 0 Å². The van der Waals surface area contributed by atoms with Crippen molar-refractivity contribution in [3.63, 3.8) is 0 Å². The molecule has 0 spiro atoms.